The smallest absolute Gasteiger partial charge is 0.759 e. The van der Waals surface area contributed by atoms with Gasteiger partial charge in [-0.25, -0.2) is 0 Å². The molecule has 0 rings (SSSR count). The fourth-order valence-corrected chi connectivity index (χ4v) is 0. The third kappa shape index (κ3) is 2580. The van der Waals surface area contributed by atoms with E-state index >= 15 is 0 Å². The minimum absolute atomic E-state index is 0. The first kappa shape index (κ1) is 47.3. The molecule has 8 N–H and O–H groups in total. The summed E-state index contributed by atoms with van der Waals surface area (Å²) >= 11 is 0. The third-order valence-electron chi connectivity index (χ3n) is 0. The van der Waals surface area contributed by atoms with Gasteiger partial charge in [0.1, 0.15) is 0 Å². The Balaban J connectivity index is -0.00000000800. The first-order valence-corrected chi connectivity index (χ1v) is 2.00. The van der Waals surface area contributed by atoms with Gasteiger partial charge in [-0.3, -0.25) is 8.42 Å². The van der Waals surface area contributed by atoms with Crippen molar-refractivity contribution in [2.45, 2.75) is 0 Å². The molecule has 0 spiro atoms. The maximum atomic E-state index is 8.52. The fourth-order valence-electron chi connectivity index (χ4n) is 0. The summed E-state index contributed by atoms with van der Waals surface area (Å²) in [5.41, 5.74) is 0. The Labute approximate surface area is 71.9 Å². The van der Waals surface area contributed by atoms with Crippen LogP contribution < -0.4 is 0 Å². The van der Waals surface area contributed by atoms with Crippen LogP contribution in [0.15, 0.2) is 0 Å². The number of hydrogen-bond acceptors (Lipinski definition) is 4. The van der Waals surface area contributed by atoms with E-state index in [2.05, 4.69) is 0 Å². The molecule has 0 saturated carbocycles. The normalized spacial score (nSPS) is 5.80. The molecule has 0 aromatic heterocycles. The summed E-state index contributed by atoms with van der Waals surface area (Å²) in [6.45, 7) is 0. The topological polar surface area (TPSA) is 206 Å². The number of hydrogen-bond donors (Lipinski definition) is 0. The molecule has 0 saturated heterocycles. The molecule has 0 aromatic rings. The second-order valence-corrected chi connectivity index (χ2v) is 1.22. The Morgan fingerprint density at radius 3 is 0.800 bits per heavy atom. The molecule has 0 heterocycles. The van der Waals surface area contributed by atoms with E-state index in [1.54, 1.807) is 0 Å². The van der Waals surface area contributed by atoms with E-state index in [9.17, 15) is 0 Å². The van der Waals surface area contributed by atoms with Crippen molar-refractivity contribution >= 4 is 10.4 Å². The van der Waals surface area contributed by atoms with Gasteiger partial charge in [-0.05, 0) is 0 Å². The molecular weight excluding hydrogens is 208 g/mol. The first-order valence-electron chi connectivity index (χ1n) is 0.667. The minimum Gasteiger partial charge on any atom is -0.759 e. The van der Waals surface area contributed by atoms with Crippen LogP contribution >= 0.6 is 0 Å². The molecule has 8 nitrogen and oxygen atoms in total. The van der Waals surface area contributed by atoms with Crippen LogP contribution in [-0.4, -0.2) is 39.4 Å². The molecule has 0 atom stereocenters. The predicted octanol–water partition coefficient (Wildman–Crippen LogP) is -4.64. The maximum Gasteiger partial charge on any atom is 4.00 e. The largest absolute Gasteiger partial charge is 4.00 e. The van der Waals surface area contributed by atoms with Crippen molar-refractivity contribution in [2.75, 3.05) is 0 Å². The summed E-state index contributed by atoms with van der Waals surface area (Å²) in [6, 6.07) is 0. The average molecular weight is 216 g/mol. The van der Waals surface area contributed by atoms with Crippen LogP contribution in [0, 0.1) is 0 Å². The van der Waals surface area contributed by atoms with Crippen LogP contribution in [0.1, 0.15) is 0 Å². The van der Waals surface area contributed by atoms with Gasteiger partial charge in [-0.1, -0.05) is 0 Å². The minimum atomic E-state index is -5.17. The SMILES string of the molecule is O.O.O.O.O=S(=O)([O-])[O-].[Ti+4]. The van der Waals surface area contributed by atoms with Gasteiger partial charge in [0.15, 0.2) is 0 Å². The molecule has 0 amide bonds. The Morgan fingerprint density at radius 1 is 0.800 bits per heavy atom. The van der Waals surface area contributed by atoms with Gasteiger partial charge in [0, 0.05) is 10.4 Å². The monoisotopic (exact) mass is 216 g/mol. The molecule has 0 fully saturated rings. The average Bonchev–Trinajstić information content (AvgIpc) is 0.722. The van der Waals surface area contributed by atoms with Gasteiger partial charge in [0.05, 0.1) is 0 Å². The van der Waals surface area contributed by atoms with Crippen LogP contribution in [0.3, 0.4) is 0 Å². The Morgan fingerprint density at radius 2 is 0.800 bits per heavy atom. The van der Waals surface area contributed by atoms with Gasteiger partial charge < -0.3 is 31.0 Å². The summed E-state index contributed by atoms with van der Waals surface area (Å²) in [5.74, 6) is 0. The van der Waals surface area contributed by atoms with E-state index in [-0.39, 0.29) is 43.6 Å². The van der Waals surface area contributed by atoms with Gasteiger partial charge >= 0.3 is 21.7 Å². The van der Waals surface area contributed by atoms with Crippen molar-refractivity contribution in [3.63, 3.8) is 0 Å². The van der Waals surface area contributed by atoms with Crippen LogP contribution in [0.2, 0.25) is 0 Å². The molecule has 0 aromatic carbocycles. The molecule has 0 aliphatic carbocycles. The molecule has 0 aliphatic rings. The van der Waals surface area contributed by atoms with E-state index in [0.29, 0.717) is 0 Å². The Bertz CT molecular complexity index is 92.4. The first-order chi connectivity index (χ1) is 2.00. The zero-order chi connectivity index (χ0) is 4.50. The molecule has 0 unspecified atom stereocenters. The zero-order valence-electron chi connectivity index (χ0n) is 4.54. The van der Waals surface area contributed by atoms with E-state index in [0.717, 1.165) is 0 Å². The van der Waals surface area contributed by atoms with Crippen LogP contribution in [0.4, 0.5) is 0 Å². The van der Waals surface area contributed by atoms with Crippen molar-refractivity contribution in [3.05, 3.63) is 0 Å². The summed E-state index contributed by atoms with van der Waals surface area (Å²) in [4.78, 5) is 0. The maximum absolute atomic E-state index is 8.52. The van der Waals surface area contributed by atoms with Crippen LogP contribution in [0.5, 0.6) is 0 Å². The second-order valence-electron chi connectivity index (χ2n) is 0.408. The van der Waals surface area contributed by atoms with Crippen molar-refractivity contribution < 1.29 is 61.1 Å². The molecule has 0 radical (unpaired) electrons. The predicted molar refractivity (Wildman–Crippen MR) is 24.9 cm³/mol. The second kappa shape index (κ2) is 16.2. The standard InChI is InChI=1S/H2O4S.4H2O.Ti/c1-5(2,3)4;;;;;/h(H2,1,2,3,4);4*1H2;/q;;;;;+4/p-2. The third-order valence-corrected chi connectivity index (χ3v) is 0. The van der Waals surface area contributed by atoms with E-state index in [4.69, 9.17) is 17.5 Å². The van der Waals surface area contributed by atoms with Crippen molar-refractivity contribution in [1.82, 2.24) is 0 Å². The van der Waals surface area contributed by atoms with Crippen molar-refractivity contribution in [3.8, 4) is 0 Å². The Kier molecular flexibility index (Phi) is 76.7. The van der Waals surface area contributed by atoms with E-state index in [1.165, 1.54) is 0 Å². The number of rotatable bonds is 0. The van der Waals surface area contributed by atoms with E-state index < -0.39 is 10.4 Å². The van der Waals surface area contributed by atoms with Gasteiger partial charge in [0.2, 0.25) is 0 Å². The van der Waals surface area contributed by atoms with Crippen molar-refractivity contribution in [1.29, 1.82) is 0 Å². The summed E-state index contributed by atoms with van der Waals surface area (Å²) in [7, 11) is -5.17. The van der Waals surface area contributed by atoms with E-state index in [1.807, 2.05) is 0 Å². The fraction of sp³-hybridized carbons (Fsp3) is 0. The van der Waals surface area contributed by atoms with Gasteiger partial charge in [-0.15, -0.1) is 0 Å². The summed E-state index contributed by atoms with van der Waals surface area (Å²) < 4.78 is 34.1. The molecule has 10 heavy (non-hydrogen) atoms. The van der Waals surface area contributed by atoms with Crippen LogP contribution in [-0.2, 0) is 32.1 Å². The van der Waals surface area contributed by atoms with Gasteiger partial charge in [-0.2, -0.15) is 0 Å². The van der Waals surface area contributed by atoms with Crippen LogP contribution in [0.25, 0.3) is 0 Å². The zero-order valence-corrected chi connectivity index (χ0v) is 6.92. The van der Waals surface area contributed by atoms with Crippen molar-refractivity contribution in [2.24, 2.45) is 0 Å². The molecular formula is H8O8STi+2. The Hall–Kier alpha value is 0.424. The quantitative estimate of drug-likeness (QED) is 0.222. The summed E-state index contributed by atoms with van der Waals surface area (Å²) in [6.07, 6.45) is 0. The molecule has 0 bridgehead atoms. The van der Waals surface area contributed by atoms with Gasteiger partial charge in [0.25, 0.3) is 0 Å². The molecule has 10 heteroatoms. The molecule has 64 valence electrons. The summed E-state index contributed by atoms with van der Waals surface area (Å²) in [5, 5.41) is 0. The molecule has 0 aliphatic heterocycles.